The van der Waals surface area contributed by atoms with E-state index < -0.39 is 9.84 Å². The van der Waals surface area contributed by atoms with Crippen LogP contribution in [0.3, 0.4) is 0 Å². The van der Waals surface area contributed by atoms with Gasteiger partial charge in [0.15, 0.2) is 9.84 Å². The number of nitrogens with zero attached hydrogens (tertiary/aromatic N) is 2. The van der Waals surface area contributed by atoms with Crippen LogP contribution < -0.4 is 5.32 Å². The fraction of sp³-hybridized carbons (Fsp3) is 0.636. The Balaban J connectivity index is 1.86. The molecule has 1 aliphatic rings. The van der Waals surface area contributed by atoms with Gasteiger partial charge in [-0.25, -0.2) is 18.2 Å². The van der Waals surface area contributed by atoms with Crippen LogP contribution in [0.2, 0.25) is 0 Å². The molecule has 0 bridgehead atoms. The first-order chi connectivity index (χ1) is 8.87. The van der Waals surface area contributed by atoms with Crippen LogP contribution in [0.1, 0.15) is 17.9 Å². The van der Waals surface area contributed by atoms with Gasteiger partial charge in [-0.05, 0) is 13.3 Å². The molecule has 19 heavy (non-hydrogen) atoms. The lowest BCUT2D eigenvalue weighted by atomic mass is 10.2. The van der Waals surface area contributed by atoms with Gasteiger partial charge in [-0.2, -0.15) is 0 Å². The number of carbonyl (C=O) groups excluding carboxylic acids is 1. The first kappa shape index (κ1) is 13.9. The standard InChI is InChI=1S/C11H18N4O3S/c1-8-5-12-10(14-8)6-13-11(16)15(2)9-3-4-19(17,18)7-9/h5,9H,3-4,6-7H2,1-2H3,(H,12,14)(H,13,16)/t9-/m0/s1. The largest absolute Gasteiger partial charge is 0.345 e. The van der Waals surface area contributed by atoms with Gasteiger partial charge in [0.25, 0.3) is 0 Å². The SMILES string of the molecule is Cc1cnc(CNC(=O)N(C)[C@H]2CCS(=O)(=O)C2)[nH]1. The van der Waals surface area contributed by atoms with Gasteiger partial charge in [-0.1, -0.05) is 0 Å². The zero-order valence-corrected chi connectivity index (χ0v) is 11.8. The number of aromatic nitrogens is 2. The van der Waals surface area contributed by atoms with E-state index in [9.17, 15) is 13.2 Å². The second kappa shape index (κ2) is 5.20. The summed E-state index contributed by atoms with van der Waals surface area (Å²) in [7, 11) is -1.36. The highest BCUT2D eigenvalue weighted by Crippen LogP contribution is 2.16. The van der Waals surface area contributed by atoms with Crippen molar-refractivity contribution >= 4 is 15.9 Å². The molecule has 0 aromatic carbocycles. The maximum Gasteiger partial charge on any atom is 0.317 e. The Hall–Kier alpha value is -1.57. The molecule has 106 valence electrons. The lowest BCUT2D eigenvalue weighted by molar-refractivity contribution is 0.194. The number of rotatable bonds is 3. The summed E-state index contributed by atoms with van der Waals surface area (Å²) in [5, 5.41) is 2.71. The third-order valence-corrected chi connectivity index (χ3v) is 4.99. The minimum Gasteiger partial charge on any atom is -0.345 e. The van der Waals surface area contributed by atoms with Crippen LogP contribution >= 0.6 is 0 Å². The number of sulfone groups is 1. The zero-order valence-electron chi connectivity index (χ0n) is 11.0. The summed E-state index contributed by atoms with van der Waals surface area (Å²) >= 11 is 0. The van der Waals surface area contributed by atoms with Crippen molar-refractivity contribution in [1.29, 1.82) is 0 Å². The molecule has 1 aromatic heterocycles. The molecule has 0 radical (unpaired) electrons. The number of H-pyrrole nitrogens is 1. The Morgan fingerprint density at radius 2 is 2.37 bits per heavy atom. The van der Waals surface area contributed by atoms with E-state index in [2.05, 4.69) is 15.3 Å². The van der Waals surface area contributed by atoms with Gasteiger partial charge in [0.2, 0.25) is 0 Å². The van der Waals surface area contributed by atoms with Gasteiger partial charge >= 0.3 is 6.03 Å². The van der Waals surface area contributed by atoms with Gasteiger partial charge in [-0.3, -0.25) is 0 Å². The van der Waals surface area contributed by atoms with Crippen molar-refractivity contribution in [3.63, 3.8) is 0 Å². The van der Waals surface area contributed by atoms with Crippen LogP contribution in [0.25, 0.3) is 0 Å². The maximum absolute atomic E-state index is 11.9. The van der Waals surface area contributed by atoms with Crippen molar-refractivity contribution < 1.29 is 13.2 Å². The summed E-state index contributed by atoms with van der Waals surface area (Å²) < 4.78 is 22.8. The molecule has 0 aliphatic carbocycles. The van der Waals surface area contributed by atoms with Crippen LogP contribution in [0, 0.1) is 6.92 Å². The molecule has 0 unspecified atom stereocenters. The van der Waals surface area contributed by atoms with E-state index in [4.69, 9.17) is 0 Å². The molecule has 2 N–H and O–H groups in total. The molecule has 1 aliphatic heterocycles. The Labute approximate surface area is 112 Å². The van der Waals surface area contributed by atoms with Crippen molar-refractivity contribution in [2.24, 2.45) is 0 Å². The predicted octanol–water partition coefficient (Wildman–Crippen LogP) is 0.0466. The van der Waals surface area contributed by atoms with E-state index >= 15 is 0 Å². The number of urea groups is 1. The van der Waals surface area contributed by atoms with Gasteiger partial charge in [0.1, 0.15) is 5.82 Å². The highest BCUT2D eigenvalue weighted by atomic mass is 32.2. The summed E-state index contributed by atoms with van der Waals surface area (Å²) in [6, 6.07) is -0.514. The molecule has 1 atom stereocenters. The predicted molar refractivity (Wildman–Crippen MR) is 70.4 cm³/mol. The number of aromatic amines is 1. The molecule has 0 spiro atoms. The summed E-state index contributed by atoms with van der Waals surface area (Å²) in [6.45, 7) is 2.18. The second-order valence-corrected chi connectivity index (χ2v) is 7.07. The zero-order chi connectivity index (χ0) is 14.0. The molecule has 1 fully saturated rings. The molecular weight excluding hydrogens is 268 g/mol. The van der Waals surface area contributed by atoms with Crippen LogP contribution in [-0.4, -0.2) is 53.9 Å². The molecule has 2 rings (SSSR count). The number of amides is 2. The first-order valence-electron chi connectivity index (χ1n) is 6.09. The molecule has 1 aromatic rings. The fourth-order valence-corrected chi connectivity index (χ4v) is 3.86. The third kappa shape index (κ3) is 3.46. The number of hydrogen-bond donors (Lipinski definition) is 2. The molecule has 2 amide bonds. The molecule has 2 heterocycles. The lowest BCUT2D eigenvalue weighted by Gasteiger charge is -2.23. The van der Waals surface area contributed by atoms with Crippen molar-refractivity contribution in [1.82, 2.24) is 20.2 Å². The highest BCUT2D eigenvalue weighted by molar-refractivity contribution is 7.91. The van der Waals surface area contributed by atoms with Crippen molar-refractivity contribution in [3.8, 4) is 0 Å². The number of aryl methyl sites for hydroxylation is 1. The second-order valence-electron chi connectivity index (χ2n) is 4.84. The summed E-state index contributed by atoms with van der Waals surface area (Å²) in [6.07, 6.45) is 2.20. The average molecular weight is 286 g/mol. The Kier molecular flexibility index (Phi) is 3.79. The Morgan fingerprint density at radius 1 is 1.63 bits per heavy atom. The Bertz CT molecular complexity index is 566. The van der Waals surface area contributed by atoms with E-state index in [1.165, 1.54) is 4.90 Å². The van der Waals surface area contributed by atoms with E-state index in [0.717, 1.165) is 5.69 Å². The van der Waals surface area contributed by atoms with Crippen LogP contribution in [0.5, 0.6) is 0 Å². The van der Waals surface area contributed by atoms with Crippen LogP contribution in [0.4, 0.5) is 4.79 Å². The fourth-order valence-electron chi connectivity index (χ4n) is 2.09. The summed E-state index contributed by atoms with van der Waals surface area (Å²) in [4.78, 5) is 20.5. The average Bonchev–Trinajstić information content (AvgIpc) is 2.91. The Morgan fingerprint density at radius 3 is 2.89 bits per heavy atom. The summed E-state index contributed by atoms with van der Waals surface area (Å²) in [5.41, 5.74) is 0.930. The number of nitrogens with one attached hydrogen (secondary N) is 2. The van der Waals surface area contributed by atoms with Crippen LogP contribution in [-0.2, 0) is 16.4 Å². The molecule has 1 saturated heterocycles. The lowest BCUT2D eigenvalue weighted by Crippen LogP contribution is -2.44. The van der Waals surface area contributed by atoms with Crippen molar-refractivity contribution in [2.45, 2.75) is 25.9 Å². The van der Waals surface area contributed by atoms with Gasteiger partial charge in [0, 0.05) is 25.0 Å². The van der Waals surface area contributed by atoms with Crippen molar-refractivity contribution in [2.75, 3.05) is 18.6 Å². The van der Waals surface area contributed by atoms with E-state index in [-0.39, 0.29) is 23.6 Å². The topological polar surface area (TPSA) is 95.2 Å². The minimum absolute atomic E-state index is 0.0524. The van der Waals surface area contributed by atoms with E-state index in [1.807, 2.05) is 6.92 Å². The number of hydrogen-bond acceptors (Lipinski definition) is 4. The minimum atomic E-state index is -2.98. The van der Waals surface area contributed by atoms with E-state index in [0.29, 0.717) is 18.8 Å². The van der Waals surface area contributed by atoms with Gasteiger partial charge in [-0.15, -0.1) is 0 Å². The van der Waals surface area contributed by atoms with Gasteiger partial charge in [0.05, 0.1) is 18.1 Å². The molecule has 0 saturated carbocycles. The number of carbonyl (C=O) groups is 1. The highest BCUT2D eigenvalue weighted by Gasteiger charge is 2.32. The van der Waals surface area contributed by atoms with E-state index in [1.54, 1.807) is 13.2 Å². The quantitative estimate of drug-likeness (QED) is 0.820. The smallest absolute Gasteiger partial charge is 0.317 e. The normalized spacial score (nSPS) is 21.3. The number of imidazole rings is 1. The maximum atomic E-state index is 11.9. The third-order valence-electron chi connectivity index (χ3n) is 3.24. The van der Waals surface area contributed by atoms with Crippen molar-refractivity contribution in [3.05, 3.63) is 17.7 Å². The molecule has 7 nitrogen and oxygen atoms in total. The van der Waals surface area contributed by atoms with Crippen LogP contribution in [0.15, 0.2) is 6.20 Å². The summed E-state index contributed by atoms with van der Waals surface area (Å²) in [5.74, 6) is 0.891. The monoisotopic (exact) mass is 286 g/mol. The molecular formula is C11H18N4O3S. The van der Waals surface area contributed by atoms with Gasteiger partial charge < -0.3 is 15.2 Å². The first-order valence-corrected chi connectivity index (χ1v) is 7.91. The molecule has 8 heteroatoms.